The maximum atomic E-state index is 12.2. The smallest absolute Gasteiger partial charge is 0.220 e. The molecule has 0 aliphatic carbocycles. The van der Waals surface area contributed by atoms with Crippen molar-refractivity contribution in [2.75, 3.05) is 6.61 Å². The van der Waals surface area contributed by atoms with Gasteiger partial charge in [-0.25, -0.2) is 0 Å². The molecule has 2 atom stereocenters. The van der Waals surface area contributed by atoms with Crippen LogP contribution < -0.4 is 5.32 Å². The molecule has 4 heteroatoms. The zero-order valence-electron chi connectivity index (χ0n) is 27.9. The Bertz CT molecular complexity index is 777. The number of hydrogen-bond donors (Lipinski definition) is 3. The fourth-order valence-corrected chi connectivity index (χ4v) is 4.73. The summed E-state index contributed by atoms with van der Waals surface area (Å²) in [5, 5.41) is 22.8. The minimum Gasteiger partial charge on any atom is -0.394 e. The molecule has 0 aromatic carbocycles. The van der Waals surface area contributed by atoms with E-state index < -0.39 is 12.1 Å². The van der Waals surface area contributed by atoms with Gasteiger partial charge in [0.05, 0.1) is 18.8 Å². The number of carbonyl (C=O) groups is 1. The summed E-state index contributed by atoms with van der Waals surface area (Å²) in [5.74, 6) is -0.158. The van der Waals surface area contributed by atoms with Crippen molar-refractivity contribution in [1.82, 2.24) is 5.32 Å². The Morgan fingerprint density at radius 2 is 1.05 bits per heavy atom. The number of unbranched alkanes of at least 4 members (excludes halogenated alkanes) is 13. The van der Waals surface area contributed by atoms with E-state index in [1.165, 1.54) is 77.0 Å². The van der Waals surface area contributed by atoms with Gasteiger partial charge in [-0.05, 0) is 57.8 Å². The van der Waals surface area contributed by atoms with Crippen LogP contribution in [0.4, 0.5) is 0 Å². The lowest BCUT2D eigenvalue weighted by atomic mass is 10.0. The van der Waals surface area contributed by atoms with Gasteiger partial charge < -0.3 is 15.5 Å². The Kier molecular flexibility index (Phi) is 32.6. The van der Waals surface area contributed by atoms with Crippen LogP contribution in [-0.2, 0) is 4.79 Å². The van der Waals surface area contributed by atoms with Gasteiger partial charge in [-0.15, -0.1) is 0 Å². The first kappa shape index (κ1) is 40.8. The highest BCUT2D eigenvalue weighted by molar-refractivity contribution is 5.76. The maximum absolute atomic E-state index is 12.2. The third-order valence-corrected chi connectivity index (χ3v) is 7.44. The highest BCUT2D eigenvalue weighted by Crippen LogP contribution is 2.12. The van der Waals surface area contributed by atoms with Gasteiger partial charge in [-0.1, -0.05) is 157 Å². The van der Waals surface area contributed by atoms with E-state index in [1.807, 2.05) is 12.2 Å². The third kappa shape index (κ3) is 31.1. The van der Waals surface area contributed by atoms with Crippen LogP contribution >= 0.6 is 0 Å². The summed E-state index contributed by atoms with van der Waals surface area (Å²) < 4.78 is 0. The van der Waals surface area contributed by atoms with Crippen molar-refractivity contribution in [2.24, 2.45) is 0 Å². The first-order valence-corrected chi connectivity index (χ1v) is 17.7. The van der Waals surface area contributed by atoms with E-state index in [2.05, 4.69) is 73.8 Å². The Labute approximate surface area is 266 Å². The predicted octanol–water partition coefficient (Wildman–Crippen LogP) is 10.4. The molecule has 0 saturated carbocycles. The average molecular weight is 598 g/mol. The van der Waals surface area contributed by atoms with E-state index in [0.29, 0.717) is 12.8 Å². The largest absolute Gasteiger partial charge is 0.394 e. The van der Waals surface area contributed by atoms with Gasteiger partial charge in [-0.3, -0.25) is 4.79 Å². The van der Waals surface area contributed by atoms with Gasteiger partial charge in [0.2, 0.25) is 5.91 Å². The minimum atomic E-state index is -0.892. The number of allylic oxidation sites excluding steroid dienone is 11. The first-order valence-electron chi connectivity index (χ1n) is 17.7. The number of aliphatic hydroxyl groups excluding tert-OH is 2. The molecule has 3 N–H and O–H groups in total. The lowest BCUT2D eigenvalue weighted by molar-refractivity contribution is -0.122. The normalized spacial score (nSPS) is 14.0. The van der Waals surface area contributed by atoms with Crippen molar-refractivity contribution in [3.63, 3.8) is 0 Å². The van der Waals surface area contributed by atoms with E-state index in [1.54, 1.807) is 6.08 Å². The van der Waals surface area contributed by atoms with E-state index in [-0.39, 0.29) is 12.5 Å². The summed E-state index contributed by atoms with van der Waals surface area (Å²) >= 11 is 0. The quantitative estimate of drug-likeness (QED) is 0.0570. The maximum Gasteiger partial charge on any atom is 0.220 e. The van der Waals surface area contributed by atoms with Crippen LogP contribution in [0.15, 0.2) is 72.9 Å². The molecule has 246 valence electrons. The second-order valence-corrected chi connectivity index (χ2v) is 11.5. The number of hydrogen-bond acceptors (Lipinski definition) is 3. The highest BCUT2D eigenvalue weighted by Gasteiger charge is 2.17. The summed E-state index contributed by atoms with van der Waals surface area (Å²) in [6, 6.07) is -0.678. The van der Waals surface area contributed by atoms with E-state index in [9.17, 15) is 15.0 Å². The molecule has 2 unspecified atom stereocenters. The van der Waals surface area contributed by atoms with Crippen molar-refractivity contribution in [3.05, 3.63) is 72.9 Å². The van der Waals surface area contributed by atoms with E-state index >= 15 is 0 Å². The SMILES string of the molecule is CC/C=C\C/C=C\C/C=C\C/C=C\CCC(=O)NC(CO)C(O)/C=C/CC/C=C/CCCCCCCCCCCCCC. The Hall–Kier alpha value is -2.17. The molecule has 0 aromatic rings. The summed E-state index contributed by atoms with van der Waals surface area (Å²) in [6.07, 6.45) is 48.6. The van der Waals surface area contributed by atoms with Crippen LogP contribution in [0.2, 0.25) is 0 Å². The molecule has 0 bridgehead atoms. The standard InChI is InChI=1S/C39H67NO3/c1-3-5-7-9-11-13-15-17-18-19-20-21-23-24-26-28-30-32-34-38(42)37(36-41)40-39(43)35-33-31-29-27-25-22-16-14-12-10-8-6-4-2/h6,8,12,14,22,24-26,29,31-32,34,37-38,41-42H,3-5,7,9-11,13,15-21,23,27-28,30,33,35-36H2,1-2H3,(H,40,43)/b8-6-,14-12-,25-22-,26-24+,31-29-,34-32+. The lowest BCUT2D eigenvalue weighted by Crippen LogP contribution is -2.45. The molecule has 0 spiro atoms. The minimum absolute atomic E-state index is 0.158. The van der Waals surface area contributed by atoms with E-state index in [4.69, 9.17) is 0 Å². The van der Waals surface area contributed by atoms with Crippen LogP contribution in [0.25, 0.3) is 0 Å². The fourth-order valence-electron chi connectivity index (χ4n) is 4.73. The molecule has 0 fully saturated rings. The molecule has 1 amide bonds. The number of rotatable bonds is 30. The Balaban J connectivity index is 3.80. The van der Waals surface area contributed by atoms with Crippen molar-refractivity contribution in [2.45, 2.75) is 161 Å². The molecule has 0 radical (unpaired) electrons. The molecule has 0 saturated heterocycles. The summed E-state index contributed by atoms with van der Waals surface area (Å²) in [5.41, 5.74) is 0. The van der Waals surface area contributed by atoms with E-state index in [0.717, 1.165) is 44.9 Å². The predicted molar refractivity (Wildman–Crippen MR) is 188 cm³/mol. The van der Waals surface area contributed by atoms with Crippen LogP contribution in [0.1, 0.15) is 149 Å². The molecule has 0 heterocycles. The van der Waals surface area contributed by atoms with Crippen molar-refractivity contribution in [3.8, 4) is 0 Å². The fraction of sp³-hybridized carbons (Fsp3) is 0.667. The van der Waals surface area contributed by atoms with Gasteiger partial charge in [0, 0.05) is 6.42 Å². The third-order valence-electron chi connectivity index (χ3n) is 7.44. The topological polar surface area (TPSA) is 69.6 Å². The molecule has 4 nitrogen and oxygen atoms in total. The molecule has 0 aliphatic heterocycles. The van der Waals surface area contributed by atoms with Crippen molar-refractivity contribution in [1.29, 1.82) is 0 Å². The number of amides is 1. The van der Waals surface area contributed by atoms with Gasteiger partial charge in [0.1, 0.15) is 0 Å². The van der Waals surface area contributed by atoms with Gasteiger partial charge in [0.15, 0.2) is 0 Å². The van der Waals surface area contributed by atoms with Crippen molar-refractivity contribution < 1.29 is 15.0 Å². The van der Waals surface area contributed by atoms with Crippen molar-refractivity contribution >= 4 is 5.91 Å². The van der Waals surface area contributed by atoms with Gasteiger partial charge in [0.25, 0.3) is 0 Å². The molecular weight excluding hydrogens is 530 g/mol. The molecule has 0 aromatic heterocycles. The summed E-state index contributed by atoms with van der Waals surface area (Å²) in [6.45, 7) is 4.12. The van der Waals surface area contributed by atoms with Crippen LogP contribution in [0, 0.1) is 0 Å². The average Bonchev–Trinajstić information content (AvgIpc) is 3.01. The molecular formula is C39H67NO3. The second-order valence-electron chi connectivity index (χ2n) is 11.5. The van der Waals surface area contributed by atoms with Crippen LogP contribution in [0.3, 0.4) is 0 Å². The summed E-state index contributed by atoms with van der Waals surface area (Å²) in [4.78, 5) is 12.2. The Morgan fingerprint density at radius 3 is 1.60 bits per heavy atom. The molecule has 0 rings (SSSR count). The van der Waals surface area contributed by atoms with Gasteiger partial charge in [-0.2, -0.15) is 0 Å². The zero-order valence-corrected chi connectivity index (χ0v) is 27.9. The number of aliphatic hydroxyl groups is 2. The Morgan fingerprint density at radius 1 is 0.581 bits per heavy atom. The number of nitrogens with one attached hydrogen (secondary N) is 1. The molecule has 43 heavy (non-hydrogen) atoms. The van der Waals surface area contributed by atoms with Crippen LogP contribution in [-0.4, -0.2) is 34.9 Å². The highest BCUT2D eigenvalue weighted by atomic mass is 16.3. The monoisotopic (exact) mass is 598 g/mol. The molecule has 0 aliphatic rings. The lowest BCUT2D eigenvalue weighted by Gasteiger charge is -2.19. The van der Waals surface area contributed by atoms with Gasteiger partial charge >= 0.3 is 0 Å². The zero-order chi connectivity index (χ0) is 31.5. The van der Waals surface area contributed by atoms with Crippen LogP contribution in [0.5, 0.6) is 0 Å². The second kappa shape index (κ2) is 34.3. The number of carbonyl (C=O) groups excluding carboxylic acids is 1. The first-order chi connectivity index (χ1) is 21.2. The summed E-state index contributed by atoms with van der Waals surface area (Å²) in [7, 11) is 0.